The predicted molar refractivity (Wildman–Crippen MR) is 76.4 cm³/mol. The second kappa shape index (κ2) is 6.09. The molecule has 7 nitrogen and oxygen atoms in total. The van der Waals surface area contributed by atoms with Crippen molar-refractivity contribution in [3.05, 3.63) is 24.0 Å². The van der Waals surface area contributed by atoms with Crippen LogP contribution in [0.2, 0.25) is 0 Å². The van der Waals surface area contributed by atoms with Crippen molar-refractivity contribution in [1.82, 2.24) is 10.3 Å². The molecule has 0 bridgehead atoms. The van der Waals surface area contributed by atoms with E-state index in [-0.39, 0.29) is 23.4 Å². The molecule has 2 rings (SSSR count). The van der Waals surface area contributed by atoms with Crippen LogP contribution in [0.25, 0.3) is 0 Å². The first kappa shape index (κ1) is 15.2. The van der Waals surface area contributed by atoms with Crippen molar-refractivity contribution in [3.8, 4) is 0 Å². The third kappa shape index (κ3) is 4.42. The number of aromatic nitrogens is 1. The average Bonchev–Trinajstić information content (AvgIpc) is 2.37. The highest BCUT2D eigenvalue weighted by Crippen LogP contribution is 2.23. The molecule has 114 valence electrons. The van der Waals surface area contributed by atoms with Gasteiger partial charge in [0.15, 0.2) is 0 Å². The van der Waals surface area contributed by atoms with Gasteiger partial charge in [0.1, 0.15) is 5.69 Å². The Balaban J connectivity index is 1.88. The molecular weight excluding hydrogens is 274 g/mol. The van der Waals surface area contributed by atoms with Crippen LogP contribution < -0.4 is 10.6 Å². The average molecular weight is 293 g/mol. The summed E-state index contributed by atoms with van der Waals surface area (Å²) in [7, 11) is 0. The van der Waals surface area contributed by atoms with E-state index in [4.69, 9.17) is 9.84 Å². The van der Waals surface area contributed by atoms with E-state index < -0.39 is 5.97 Å². The maximum absolute atomic E-state index is 11.9. The van der Waals surface area contributed by atoms with Gasteiger partial charge < -0.3 is 20.5 Å². The fourth-order valence-corrected chi connectivity index (χ4v) is 2.30. The molecular formula is C14H19N3O4. The van der Waals surface area contributed by atoms with Gasteiger partial charge in [-0.05, 0) is 38.8 Å². The van der Waals surface area contributed by atoms with E-state index in [0.29, 0.717) is 12.3 Å². The second-order valence-corrected chi connectivity index (χ2v) is 5.63. The molecule has 1 aliphatic rings. The zero-order chi connectivity index (χ0) is 15.5. The van der Waals surface area contributed by atoms with E-state index in [0.717, 1.165) is 12.8 Å². The summed E-state index contributed by atoms with van der Waals surface area (Å²) in [5, 5.41) is 14.3. The van der Waals surface area contributed by atoms with Crippen molar-refractivity contribution in [2.75, 3.05) is 11.9 Å². The number of nitrogens with one attached hydrogen (secondary N) is 2. The van der Waals surface area contributed by atoms with Gasteiger partial charge in [-0.15, -0.1) is 0 Å². The highest BCUT2D eigenvalue weighted by molar-refractivity contribution is 5.90. The molecule has 0 saturated carbocycles. The summed E-state index contributed by atoms with van der Waals surface area (Å²) < 4.78 is 5.59. The van der Waals surface area contributed by atoms with Crippen molar-refractivity contribution in [2.24, 2.45) is 0 Å². The number of hydrogen-bond donors (Lipinski definition) is 3. The molecule has 2 heterocycles. The third-order valence-electron chi connectivity index (χ3n) is 3.27. The van der Waals surface area contributed by atoms with Gasteiger partial charge in [0.25, 0.3) is 0 Å². The minimum atomic E-state index is -1.10. The molecule has 0 aliphatic carbocycles. The number of hydrogen-bond acceptors (Lipinski definition) is 4. The van der Waals surface area contributed by atoms with Crippen molar-refractivity contribution < 1.29 is 19.4 Å². The van der Waals surface area contributed by atoms with Gasteiger partial charge in [0.2, 0.25) is 0 Å². The first-order valence-electron chi connectivity index (χ1n) is 6.76. The highest BCUT2D eigenvalue weighted by Gasteiger charge is 2.29. The van der Waals surface area contributed by atoms with Crippen LogP contribution in [0.15, 0.2) is 18.3 Å². The summed E-state index contributed by atoms with van der Waals surface area (Å²) in [6.07, 6.45) is 2.83. The standard InChI is InChI=1S/C14H19N3O4/c1-14(2)7-9(5-6-21-14)16-13(20)17-10-3-4-11(12(18)19)15-8-10/h3-4,8-9H,5-7H2,1-2H3,(H,18,19)(H2,16,17,20). The molecule has 21 heavy (non-hydrogen) atoms. The van der Waals surface area contributed by atoms with Gasteiger partial charge in [-0.2, -0.15) is 0 Å². The van der Waals surface area contributed by atoms with E-state index in [1.807, 2.05) is 13.8 Å². The van der Waals surface area contributed by atoms with E-state index in [2.05, 4.69) is 15.6 Å². The molecule has 1 aromatic heterocycles. The van der Waals surface area contributed by atoms with Gasteiger partial charge in [0.05, 0.1) is 17.5 Å². The zero-order valence-corrected chi connectivity index (χ0v) is 12.0. The molecule has 1 fully saturated rings. The lowest BCUT2D eigenvalue weighted by molar-refractivity contribution is -0.0609. The van der Waals surface area contributed by atoms with Crippen LogP contribution in [-0.4, -0.2) is 40.3 Å². The molecule has 1 aliphatic heterocycles. The Morgan fingerprint density at radius 2 is 2.19 bits per heavy atom. The number of rotatable bonds is 3. The molecule has 1 atom stereocenters. The molecule has 1 unspecified atom stereocenters. The number of carbonyl (C=O) groups is 2. The number of carboxylic acids is 1. The number of ether oxygens (including phenoxy) is 1. The lowest BCUT2D eigenvalue weighted by Crippen LogP contribution is -2.47. The van der Waals surface area contributed by atoms with Crippen molar-refractivity contribution in [2.45, 2.75) is 38.3 Å². The third-order valence-corrected chi connectivity index (χ3v) is 3.27. The van der Waals surface area contributed by atoms with Gasteiger partial charge in [0, 0.05) is 12.6 Å². The topological polar surface area (TPSA) is 101 Å². The summed E-state index contributed by atoms with van der Waals surface area (Å²) in [4.78, 5) is 26.3. The maximum Gasteiger partial charge on any atom is 0.354 e. The molecule has 1 saturated heterocycles. The van der Waals surface area contributed by atoms with Crippen LogP contribution in [0.5, 0.6) is 0 Å². The quantitative estimate of drug-likeness (QED) is 0.789. The van der Waals surface area contributed by atoms with E-state index >= 15 is 0 Å². The fraction of sp³-hybridized carbons (Fsp3) is 0.500. The summed E-state index contributed by atoms with van der Waals surface area (Å²) in [6, 6.07) is 2.57. The summed E-state index contributed by atoms with van der Waals surface area (Å²) in [6.45, 7) is 4.60. The Bertz CT molecular complexity index is 528. The smallest absolute Gasteiger partial charge is 0.354 e. The monoisotopic (exact) mass is 293 g/mol. The van der Waals surface area contributed by atoms with Crippen LogP contribution in [0, 0.1) is 0 Å². The number of urea groups is 1. The first-order valence-corrected chi connectivity index (χ1v) is 6.76. The molecule has 2 amide bonds. The minimum absolute atomic E-state index is 0.0556. The Morgan fingerprint density at radius 1 is 1.43 bits per heavy atom. The van der Waals surface area contributed by atoms with Gasteiger partial charge in [-0.25, -0.2) is 14.6 Å². The summed E-state index contributed by atoms with van der Waals surface area (Å²) in [5.41, 5.74) is 0.150. The number of carbonyl (C=O) groups excluding carboxylic acids is 1. The Morgan fingerprint density at radius 3 is 2.76 bits per heavy atom. The highest BCUT2D eigenvalue weighted by atomic mass is 16.5. The molecule has 0 aromatic carbocycles. The van der Waals surface area contributed by atoms with Gasteiger partial charge >= 0.3 is 12.0 Å². The molecule has 0 spiro atoms. The molecule has 3 N–H and O–H groups in total. The van der Waals surface area contributed by atoms with E-state index in [9.17, 15) is 9.59 Å². The maximum atomic E-state index is 11.9. The van der Waals surface area contributed by atoms with Crippen LogP contribution >= 0.6 is 0 Å². The van der Waals surface area contributed by atoms with Crippen molar-refractivity contribution in [3.63, 3.8) is 0 Å². The number of pyridine rings is 1. The number of aromatic carboxylic acids is 1. The molecule has 0 radical (unpaired) electrons. The Labute approximate surface area is 122 Å². The predicted octanol–water partition coefficient (Wildman–Crippen LogP) is 1.86. The number of amides is 2. The normalized spacial score (nSPS) is 20.6. The first-order chi connectivity index (χ1) is 9.85. The second-order valence-electron chi connectivity index (χ2n) is 5.63. The van der Waals surface area contributed by atoms with Gasteiger partial charge in [-0.3, -0.25) is 0 Å². The zero-order valence-electron chi connectivity index (χ0n) is 12.0. The van der Waals surface area contributed by atoms with E-state index in [1.54, 1.807) is 0 Å². The van der Waals surface area contributed by atoms with Crippen LogP contribution in [0.4, 0.5) is 10.5 Å². The van der Waals surface area contributed by atoms with Crippen molar-refractivity contribution in [1.29, 1.82) is 0 Å². The van der Waals surface area contributed by atoms with Crippen molar-refractivity contribution >= 4 is 17.7 Å². The number of nitrogens with zero attached hydrogens (tertiary/aromatic N) is 1. The largest absolute Gasteiger partial charge is 0.477 e. The molecule has 1 aromatic rings. The number of anilines is 1. The molecule has 7 heteroatoms. The SMILES string of the molecule is CC1(C)CC(NC(=O)Nc2ccc(C(=O)O)nc2)CCO1. The van der Waals surface area contributed by atoms with E-state index in [1.165, 1.54) is 18.3 Å². The van der Waals surface area contributed by atoms with Crippen LogP contribution in [0.3, 0.4) is 0 Å². The lowest BCUT2D eigenvalue weighted by Gasteiger charge is -2.35. The number of carboxylic acid groups (broad SMARTS) is 1. The summed E-state index contributed by atoms with van der Waals surface area (Å²) in [5.74, 6) is -1.10. The fourth-order valence-electron chi connectivity index (χ4n) is 2.30. The summed E-state index contributed by atoms with van der Waals surface area (Å²) >= 11 is 0. The Kier molecular flexibility index (Phi) is 4.42. The van der Waals surface area contributed by atoms with Crippen LogP contribution in [-0.2, 0) is 4.74 Å². The van der Waals surface area contributed by atoms with Gasteiger partial charge in [-0.1, -0.05) is 0 Å². The van der Waals surface area contributed by atoms with Crippen LogP contribution in [0.1, 0.15) is 37.2 Å². The lowest BCUT2D eigenvalue weighted by atomic mass is 9.94. The minimum Gasteiger partial charge on any atom is -0.477 e. The Hall–Kier alpha value is -2.15.